The first kappa shape index (κ1) is 17.4. The molecule has 0 spiro atoms. The van der Waals surface area contributed by atoms with Crippen LogP contribution < -0.4 is 0 Å². The van der Waals surface area contributed by atoms with Crippen LogP contribution in [0.4, 0.5) is 0 Å². The maximum absolute atomic E-state index is 13.2. The van der Waals surface area contributed by atoms with E-state index in [9.17, 15) is 4.79 Å². The Labute approximate surface area is 136 Å². The van der Waals surface area contributed by atoms with Gasteiger partial charge in [-0.2, -0.15) is 0 Å². The van der Waals surface area contributed by atoms with Gasteiger partial charge in [0.25, 0.3) is 0 Å². The molecular formula is C19H30O2Si. The Bertz CT molecular complexity index is 472. The lowest BCUT2D eigenvalue weighted by atomic mass is 9.76. The molecule has 0 saturated heterocycles. The highest BCUT2D eigenvalue weighted by molar-refractivity contribution is 7.03. The van der Waals surface area contributed by atoms with Crippen molar-refractivity contribution < 1.29 is 9.53 Å². The van der Waals surface area contributed by atoms with Crippen molar-refractivity contribution in [2.75, 3.05) is 7.11 Å². The number of carbonyl (C=O) groups excluding carboxylic acids is 1. The SMILES string of the molecule is CO[C@H](c1ccccc1)[C@@H](C(=O)[Si](C)(C)C)C1CCCCC1. The fourth-order valence-corrected chi connectivity index (χ4v) is 5.11. The molecule has 0 aromatic heterocycles. The predicted octanol–water partition coefficient (Wildman–Crippen LogP) is 5.02. The van der Waals surface area contributed by atoms with E-state index in [4.69, 9.17) is 4.74 Å². The van der Waals surface area contributed by atoms with Gasteiger partial charge in [0, 0.05) is 13.0 Å². The first-order valence-electron chi connectivity index (χ1n) is 8.57. The van der Waals surface area contributed by atoms with Crippen LogP contribution in [0.2, 0.25) is 19.6 Å². The number of benzene rings is 1. The van der Waals surface area contributed by atoms with E-state index in [1.807, 2.05) is 18.2 Å². The first-order valence-corrected chi connectivity index (χ1v) is 12.1. The molecular weight excluding hydrogens is 288 g/mol. The summed E-state index contributed by atoms with van der Waals surface area (Å²) in [4.78, 5) is 13.2. The van der Waals surface area contributed by atoms with Crippen LogP contribution in [0.15, 0.2) is 30.3 Å². The summed E-state index contributed by atoms with van der Waals surface area (Å²) in [5.74, 6) is 0.512. The summed E-state index contributed by atoms with van der Waals surface area (Å²) in [5.41, 5.74) is 1.15. The third-order valence-electron chi connectivity index (χ3n) is 4.91. The minimum absolute atomic E-state index is 0.0272. The molecule has 1 aromatic rings. The average molecular weight is 319 g/mol. The zero-order valence-corrected chi connectivity index (χ0v) is 15.5. The van der Waals surface area contributed by atoms with E-state index in [2.05, 4.69) is 31.8 Å². The second-order valence-electron chi connectivity index (χ2n) is 7.61. The van der Waals surface area contributed by atoms with Gasteiger partial charge in [-0.05, 0) is 24.3 Å². The van der Waals surface area contributed by atoms with Gasteiger partial charge in [0.15, 0.2) is 0 Å². The molecule has 1 fully saturated rings. The van der Waals surface area contributed by atoms with Crippen molar-refractivity contribution in [3.63, 3.8) is 0 Å². The zero-order valence-electron chi connectivity index (χ0n) is 14.5. The Morgan fingerprint density at radius 1 is 1.09 bits per heavy atom. The summed E-state index contributed by atoms with van der Waals surface area (Å²) in [6.45, 7) is 6.51. The van der Waals surface area contributed by atoms with Crippen molar-refractivity contribution in [2.45, 2.75) is 57.8 Å². The summed E-state index contributed by atoms with van der Waals surface area (Å²) in [6.07, 6.45) is 6.08. The summed E-state index contributed by atoms with van der Waals surface area (Å²) >= 11 is 0. The number of methoxy groups -OCH3 is 1. The molecule has 1 aliphatic carbocycles. The van der Waals surface area contributed by atoms with Gasteiger partial charge in [0.05, 0.1) is 6.10 Å². The van der Waals surface area contributed by atoms with Crippen LogP contribution in [0, 0.1) is 11.8 Å². The van der Waals surface area contributed by atoms with Crippen molar-refractivity contribution in [2.24, 2.45) is 11.8 Å². The van der Waals surface area contributed by atoms with E-state index in [1.54, 1.807) is 7.11 Å². The minimum Gasteiger partial charge on any atom is -0.376 e. The highest BCUT2D eigenvalue weighted by Crippen LogP contribution is 2.40. The fourth-order valence-electron chi connectivity index (χ4n) is 3.72. The standard InChI is InChI=1S/C19H30O2Si/c1-21-18(16-13-9-6-10-14-16)17(19(20)22(2,3)4)15-11-7-5-8-12-15/h6,9-10,13-15,17-18H,5,7-8,11-12H2,1-4H3/t17-,18+/m0/s1. The van der Waals surface area contributed by atoms with Crippen molar-refractivity contribution >= 4 is 13.5 Å². The Hall–Kier alpha value is -0.933. The van der Waals surface area contributed by atoms with E-state index in [-0.39, 0.29) is 12.0 Å². The lowest BCUT2D eigenvalue weighted by Gasteiger charge is -2.37. The summed E-state index contributed by atoms with van der Waals surface area (Å²) in [7, 11) is -0.0835. The van der Waals surface area contributed by atoms with Gasteiger partial charge in [0.1, 0.15) is 13.5 Å². The van der Waals surface area contributed by atoms with Crippen molar-refractivity contribution in [1.29, 1.82) is 0 Å². The molecule has 0 N–H and O–H groups in total. The lowest BCUT2D eigenvalue weighted by Crippen LogP contribution is -2.45. The normalized spacial score (nSPS) is 19.6. The average Bonchev–Trinajstić information content (AvgIpc) is 2.52. The maximum Gasteiger partial charge on any atom is 0.124 e. The van der Waals surface area contributed by atoms with E-state index in [0.29, 0.717) is 11.3 Å². The molecule has 1 aliphatic rings. The van der Waals surface area contributed by atoms with Gasteiger partial charge in [0.2, 0.25) is 0 Å². The number of ether oxygens (including phenoxy) is 1. The molecule has 1 aromatic carbocycles. The fraction of sp³-hybridized carbons (Fsp3) is 0.632. The third-order valence-corrected chi connectivity index (χ3v) is 6.72. The molecule has 22 heavy (non-hydrogen) atoms. The lowest BCUT2D eigenvalue weighted by molar-refractivity contribution is -0.124. The zero-order chi connectivity index (χ0) is 16.2. The van der Waals surface area contributed by atoms with Crippen LogP contribution >= 0.6 is 0 Å². The summed E-state index contributed by atoms with van der Waals surface area (Å²) in [5, 5.41) is 0.482. The van der Waals surface area contributed by atoms with Gasteiger partial charge in [-0.1, -0.05) is 69.2 Å². The van der Waals surface area contributed by atoms with Crippen molar-refractivity contribution in [1.82, 2.24) is 0 Å². The number of hydrogen-bond donors (Lipinski definition) is 0. The van der Waals surface area contributed by atoms with Crippen LogP contribution in [-0.2, 0) is 9.53 Å². The second kappa shape index (κ2) is 7.56. The monoisotopic (exact) mass is 318 g/mol. The van der Waals surface area contributed by atoms with Crippen LogP contribution in [0.25, 0.3) is 0 Å². The summed E-state index contributed by atoms with van der Waals surface area (Å²) in [6, 6.07) is 10.3. The largest absolute Gasteiger partial charge is 0.376 e. The van der Waals surface area contributed by atoms with Crippen molar-refractivity contribution in [3.8, 4) is 0 Å². The summed E-state index contributed by atoms with van der Waals surface area (Å²) < 4.78 is 5.87. The second-order valence-corrected chi connectivity index (χ2v) is 12.6. The molecule has 0 aliphatic heterocycles. The number of carbonyl (C=O) groups is 1. The quantitative estimate of drug-likeness (QED) is 0.689. The van der Waals surface area contributed by atoms with E-state index < -0.39 is 8.07 Å². The molecule has 0 unspecified atom stereocenters. The Balaban J connectivity index is 2.35. The van der Waals surface area contributed by atoms with E-state index >= 15 is 0 Å². The van der Waals surface area contributed by atoms with E-state index in [1.165, 1.54) is 32.1 Å². The number of hydrogen-bond acceptors (Lipinski definition) is 2. The Morgan fingerprint density at radius 3 is 2.18 bits per heavy atom. The Morgan fingerprint density at radius 2 is 1.68 bits per heavy atom. The molecule has 3 heteroatoms. The first-order chi connectivity index (χ1) is 10.4. The molecule has 2 rings (SSSR count). The molecule has 2 nitrogen and oxygen atoms in total. The van der Waals surface area contributed by atoms with Gasteiger partial charge in [-0.25, -0.2) is 0 Å². The topological polar surface area (TPSA) is 26.3 Å². The molecule has 0 heterocycles. The molecule has 1 saturated carbocycles. The van der Waals surface area contributed by atoms with Crippen LogP contribution in [0.1, 0.15) is 43.8 Å². The van der Waals surface area contributed by atoms with Gasteiger partial charge in [-0.15, -0.1) is 0 Å². The molecule has 2 atom stereocenters. The molecule has 122 valence electrons. The Kier molecular flexibility index (Phi) is 5.99. The van der Waals surface area contributed by atoms with Crippen LogP contribution in [-0.4, -0.2) is 20.6 Å². The minimum atomic E-state index is -1.84. The van der Waals surface area contributed by atoms with Crippen molar-refractivity contribution in [3.05, 3.63) is 35.9 Å². The van der Waals surface area contributed by atoms with Crippen LogP contribution in [0.3, 0.4) is 0 Å². The number of rotatable bonds is 6. The molecule has 0 bridgehead atoms. The van der Waals surface area contributed by atoms with E-state index in [0.717, 1.165) is 5.56 Å². The highest BCUT2D eigenvalue weighted by atomic mass is 28.3. The predicted molar refractivity (Wildman–Crippen MR) is 94.6 cm³/mol. The van der Waals surface area contributed by atoms with Gasteiger partial charge >= 0.3 is 0 Å². The molecule has 0 amide bonds. The van der Waals surface area contributed by atoms with Gasteiger partial charge in [-0.3, -0.25) is 0 Å². The highest BCUT2D eigenvalue weighted by Gasteiger charge is 2.41. The third kappa shape index (κ3) is 4.08. The maximum atomic E-state index is 13.2. The molecule has 0 radical (unpaired) electrons. The van der Waals surface area contributed by atoms with Gasteiger partial charge < -0.3 is 9.53 Å². The smallest absolute Gasteiger partial charge is 0.124 e. The van der Waals surface area contributed by atoms with Crippen LogP contribution in [0.5, 0.6) is 0 Å².